The van der Waals surface area contributed by atoms with Crippen molar-refractivity contribution >= 4 is 5.78 Å². The molecule has 0 atom stereocenters. The molecule has 4 nitrogen and oxygen atoms in total. The molecule has 8 heavy (non-hydrogen) atoms. The highest BCUT2D eigenvalue weighted by atomic mass is 16.3. The molecule has 1 heterocycles. The molecule has 1 aliphatic heterocycles. The van der Waals surface area contributed by atoms with E-state index in [-0.39, 0.29) is 12.3 Å². The van der Waals surface area contributed by atoms with Gasteiger partial charge in [-0.15, -0.1) is 4.91 Å². The first-order valence-electron chi connectivity index (χ1n) is 2.43. The number of hydrogen-bond acceptors (Lipinski definition) is 3. The van der Waals surface area contributed by atoms with Crippen molar-refractivity contribution in [2.75, 3.05) is 13.1 Å². The monoisotopic (exact) mass is 114 g/mol. The average molecular weight is 114 g/mol. The van der Waals surface area contributed by atoms with Crippen molar-refractivity contribution in [3.8, 4) is 0 Å². The smallest absolute Gasteiger partial charge is 0.155 e. The van der Waals surface area contributed by atoms with E-state index in [1.165, 1.54) is 5.01 Å². The van der Waals surface area contributed by atoms with Gasteiger partial charge in [0, 0.05) is 13.0 Å². The summed E-state index contributed by atoms with van der Waals surface area (Å²) in [5.74, 6) is 0.101. The van der Waals surface area contributed by atoms with E-state index in [2.05, 4.69) is 5.29 Å². The molecule has 0 aliphatic carbocycles. The normalized spacial score (nSPS) is 19.5. The molecule has 0 amide bonds. The number of ketones is 1. The standard InChI is InChI=1S/C4H6N2O2/c7-4-1-2-6(3-4)5-8/h1-3H2. The van der Waals surface area contributed by atoms with E-state index in [1.54, 1.807) is 0 Å². The topological polar surface area (TPSA) is 49.7 Å². The summed E-state index contributed by atoms with van der Waals surface area (Å²) in [7, 11) is 0. The number of nitroso groups, excluding NO2 is 1. The van der Waals surface area contributed by atoms with Crippen LogP contribution in [0.25, 0.3) is 0 Å². The van der Waals surface area contributed by atoms with E-state index in [9.17, 15) is 9.70 Å². The molecule has 0 spiro atoms. The Bertz CT molecular complexity index is 123. The molecule has 0 aromatic carbocycles. The minimum Gasteiger partial charge on any atom is -0.298 e. The van der Waals surface area contributed by atoms with Gasteiger partial charge in [-0.2, -0.15) is 0 Å². The fourth-order valence-electron chi connectivity index (χ4n) is 0.685. The van der Waals surface area contributed by atoms with Gasteiger partial charge in [0.05, 0.1) is 11.8 Å². The van der Waals surface area contributed by atoms with Crippen molar-refractivity contribution in [2.45, 2.75) is 6.42 Å². The third-order valence-corrected chi connectivity index (χ3v) is 1.12. The molecule has 1 aliphatic rings. The zero-order valence-electron chi connectivity index (χ0n) is 4.33. The summed E-state index contributed by atoms with van der Waals surface area (Å²) >= 11 is 0. The zero-order valence-corrected chi connectivity index (χ0v) is 4.33. The number of hydrogen-bond donors (Lipinski definition) is 0. The van der Waals surface area contributed by atoms with Crippen molar-refractivity contribution in [2.24, 2.45) is 5.29 Å². The number of Topliss-reactive ketones (excluding diaryl/α,β-unsaturated/α-hetero) is 1. The van der Waals surface area contributed by atoms with Crippen molar-refractivity contribution in [3.05, 3.63) is 4.91 Å². The summed E-state index contributed by atoms with van der Waals surface area (Å²) in [6.07, 6.45) is 0.478. The molecule has 0 saturated carbocycles. The van der Waals surface area contributed by atoms with Gasteiger partial charge < -0.3 is 0 Å². The van der Waals surface area contributed by atoms with Crippen LogP contribution in [0.4, 0.5) is 0 Å². The molecule has 44 valence electrons. The van der Waals surface area contributed by atoms with E-state index in [0.29, 0.717) is 13.0 Å². The largest absolute Gasteiger partial charge is 0.298 e. The van der Waals surface area contributed by atoms with Crippen LogP contribution in [-0.4, -0.2) is 23.9 Å². The highest BCUT2D eigenvalue weighted by Crippen LogP contribution is 2.02. The van der Waals surface area contributed by atoms with Crippen LogP contribution in [0.15, 0.2) is 5.29 Å². The van der Waals surface area contributed by atoms with Crippen LogP contribution in [0.1, 0.15) is 6.42 Å². The predicted octanol–water partition coefficient (Wildman–Crippen LogP) is -0.0574. The van der Waals surface area contributed by atoms with Gasteiger partial charge in [0.2, 0.25) is 0 Å². The Morgan fingerprint density at radius 3 is 2.62 bits per heavy atom. The second-order valence-electron chi connectivity index (χ2n) is 1.76. The quantitative estimate of drug-likeness (QED) is 0.449. The molecular weight excluding hydrogens is 108 g/mol. The van der Waals surface area contributed by atoms with E-state index in [0.717, 1.165) is 0 Å². The zero-order chi connectivity index (χ0) is 5.98. The van der Waals surface area contributed by atoms with Crippen LogP contribution in [-0.2, 0) is 4.79 Å². The van der Waals surface area contributed by atoms with Crippen molar-refractivity contribution < 1.29 is 4.79 Å². The molecule has 1 fully saturated rings. The maximum atomic E-state index is 10.4. The van der Waals surface area contributed by atoms with Crippen LogP contribution >= 0.6 is 0 Å². The van der Waals surface area contributed by atoms with Crippen molar-refractivity contribution in [3.63, 3.8) is 0 Å². The van der Waals surface area contributed by atoms with Gasteiger partial charge in [-0.25, -0.2) is 0 Å². The molecule has 4 heteroatoms. The van der Waals surface area contributed by atoms with E-state index < -0.39 is 0 Å². The first-order chi connectivity index (χ1) is 3.83. The fraction of sp³-hybridized carbons (Fsp3) is 0.750. The number of nitrogens with zero attached hydrogens (tertiary/aromatic N) is 2. The second kappa shape index (κ2) is 1.90. The Labute approximate surface area is 46.4 Å². The summed E-state index contributed by atoms with van der Waals surface area (Å²) in [6.45, 7) is 0.714. The molecule has 0 aromatic heterocycles. The highest BCUT2D eigenvalue weighted by Gasteiger charge is 2.17. The van der Waals surface area contributed by atoms with Crippen LogP contribution in [0.5, 0.6) is 0 Å². The van der Waals surface area contributed by atoms with Gasteiger partial charge in [0.1, 0.15) is 0 Å². The maximum Gasteiger partial charge on any atom is 0.155 e. The SMILES string of the molecule is O=NN1CCC(=O)C1. The van der Waals surface area contributed by atoms with Crippen LogP contribution in [0.3, 0.4) is 0 Å². The van der Waals surface area contributed by atoms with Crippen molar-refractivity contribution in [1.82, 2.24) is 5.01 Å². The Morgan fingerprint density at radius 1 is 1.62 bits per heavy atom. The Hall–Kier alpha value is -0.930. The summed E-state index contributed by atoms with van der Waals surface area (Å²) in [5.41, 5.74) is 0. The fourth-order valence-corrected chi connectivity index (χ4v) is 0.685. The van der Waals surface area contributed by atoms with Gasteiger partial charge in [-0.1, -0.05) is 0 Å². The lowest BCUT2D eigenvalue weighted by atomic mass is 10.4. The summed E-state index contributed by atoms with van der Waals surface area (Å²) in [6, 6.07) is 0. The highest BCUT2D eigenvalue weighted by molar-refractivity contribution is 5.82. The second-order valence-corrected chi connectivity index (χ2v) is 1.76. The maximum absolute atomic E-state index is 10.4. The van der Waals surface area contributed by atoms with E-state index in [1.807, 2.05) is 0 Å². The molecule has 0 unspecified atom stereocenters. The molecule has 0 bridgehead atoms. The third-order valence-electron chi connectivity index (χ3n) is 1.12. The Morgan fingerprint density at radius 2 is 2.38 bits per heavy atom. The lowest BCUT2D eigenvalue weighted by Crippen LogP contribution is -2.11. The average Bonchev–Trinajstić information content (AvgIpc) is 2.14. The van der Waals surface area contributed by atoms with Crippen LogP contribution in [0, 0.1) is 4.91 Å². The lowest BCUT2D eigenvalue weighted by Gasteiger charge is -1.98. The number of carbonyl (C=O) groups is 1. The first kappa shape index (κ1) is 5.21. The lowest BCUT2D eigenvalue weighted by molar-refractivity contribution is -0.116. The van der Waals surface area contributed by atoms with Gasteiger partial charge >= 0.3 is 0 Å². The number of rotatable bonds is 1. The van der Waals surface area contributed by atoms with Gasteiger partial charge in [0.25, 0.3) is 0 Å². The Kier molecular flexibility index (Phi) is 1.24. The molecular formula is C4H6N2O2. The summed E-state index contributed by atoms with van der Waals surface area (Å²) < 4.78 is 0. The van der Waals surface area contributed by atoms with E-state index in [4.69, 9.17) is 0 Å². The van der Waals surface area contributed by atoms with E-state index >= 15 is 0 Å². The predicted molar refractivity (Wildman–Crippen MR) is 27.0 cm³/mol. The number of carbonyl (C=O) groups excluding carboxylic acids is 1. The third kappa shape index (κ3) is 0.828. The van der Waals surface area contributed by atoms with Gasteiger partial charge in [-0.05, 0) is 0 Å². The Balaban J connectivity index is 2.43. The summed E-state index contributed by atoms with van der Waals surface area (Å²) in [5, 5.41) is 3.82. The van der Waals surface area contributed by atoms with Crippen LogP contribution in [0.2, 0.25) is 0 Å². The summed E-state index contributed by atoms with van der Waals surface area (Å²) in [4.78, 5) is 20.0. The minimum atomic E-state index is 0.101. The molecule has 0 N–H and O–H groups in total. The first-order valence-corrected chi connectivity index (χ1v) is 2.43. The van der Waals surface area contributed by atoms with Gasteiger partial charge in [0.15, 0.2) is 5.78 Å². The van der Waals surface area contributed by atoms with Gasteiger partial charge in [-0.3, -0.25) is 9.80 Å². The minimum absolute atomic E-state index is 0.101. The molecule has 0 radical (unpaired) electrons. The molecule has 1 saturated heterocycles. The molecule has 1 rings (SSSR count). The molecule has 0 aromatic rings. The van der Waals surface area contributed by atoms with Crippen LogP contribution < -0.4 is 0 Å². The van der Waals surface area contributed by atoms with Crippen molar-refractivity contribution in [1.29, 1.82) is 0 Å².